The minimum Gasteiger partial charge on any atom is -0.667 e. The number of halogens is 1. The Labute approximate surface area is 191 Å². The van der Waals surface area contributed by atoms with E-state index in [1.165, 1.54) is 16.7 Å². The predicted octanol–water partition coefficient (Wildman–Crippen LogP) is 6.11. The van der Waals surface area contributed by atoms with E-state index < -0.39 is 17.0 Å². The van der Waals surface area contributed by atoms with Crippen LogP contribution in [0.25, 0.3) is 5.73 Å². The third-order valence-corrected chi connectivity index (χ3v) is 6.71. The van der Waals surface area contributed by atoms with Crippen LogP contribution >= 0.6 is 0 Å². The molecule has 27 heavy (non-hydrogen) atoms. The largest absolute Gasteiger partial charge is 2.00 e. The molecule has 4 bridgehead atoms. The molecule has 5 aliphatic rings. The van der Waals surface area contributed by atoms with Gasteiger partial charge in [-0.3, -0.25) is 6.08 Å². The molecule has 5 rings (SSSR count). The Morgan fingerprint density at radius 1 is 1.15 bits per heavy atom. The van der Waals surface area contributed by atoms with Crippen LogP contribution < -0.4 is 0 Å². The molecule has 5 heteroatoms. The van der Waals surface area contributed by atoms with Gasteiger partial charge in [0.1, 0.15) is 5.67 Å². The van der Waals surface area contributed by atoms with Crippen molar-refractivity contribution in [1.82, 2.24) is 0 Å². The summed E-state index contributed by atoms with van der Waals surface area (Å²) in [6.45, 7) is 8.67. The van der Waals surface area contributed by atoms with Crippen LogP contribution in [0.3, 0.4) is 0 Å². The first-order valence-electron chi connectivity index (χ1n) is 10.0. The van der Waals surface area contributed by atoms with Gasteiger partial charge in [0, 0.05) is 5.41 Å². The van der Waals surface area contributed by atoms with Crippen molar-refractivity contribution in [2.24, 2.45) is 23.2 Å². The molecule has 3 unspecified atom stereocenters. The Hall–Kier alpha value is 0.306. The maximum atomic E-state index is 14.3. The second-order valence-corrected chi connectivity index (χ2v) is 11.5. The molecular formula is C22H35FGeNOZr. The van der Waals surface area contributed by atoms with E-state index in [4.69, 9.17) is 5.73 Å². The zero-order valence-electron chi connectivity index (χ0n) is 17.8. The molecule has 0 aromatic rings. The molecule has 2 nitrogen and oxygen atoms in total. The summed E-state index contributed by atoms with van der Waals surface area (Å²) < 4.78 is 14.3. The summed E-state index contributed by atoms with van der Waals surface area (Å²) >= 11 is 0.312. The molecule has 0 aliphatic heterocycles. The van der Waals surface area contributed by atoms with Crippen molar-refractivity contribution in [3.63, 3.8) is 0 Å². The summed E-state index contributed by atoms with van der Waals surface area (Å²) in [6.07, 6.45) is 7.68. The molecule has 3 atom stereocenters. The van der Waals surface area contributed by atoms with Gasteiger partial charge in [0.25, 0.3) is 0 Å². The maximum absolute atomic E-state index is 14.3. The minimum atomic E-state index is -1.10. The van der Waals surface area contributed by atoms with Crippen molar-refractivity contribution in [3.05, 3.63) is 28.5 Å². The topological polar surface area (TPSA) is 40.9 Å². The maximum Gasteiger partial charge on any atom is 2.00 e. The molecule has 0 aromatic heterocycles. The fourth-order valence-corrected chi connectivity index (χ4v) is 5.58. The third kappa shape index (κ3) is 5.68. The van der Waals surface area contributed by atoms with Crippen LogP contribution in [0.15, 0.2) is 16.7 Å². The van der Waals surface area contributed by atoms with Gasteiger partial charge in [-0.25, -0.2) is 9.96 Å². The monoisotopic (exact) mass is 512 g/mol. The molecule has 0 aromatic carbocycles. The molecule has 4 fully saturated rings. The quantitative estimate of drug-likeness (QED) is 0.309. The summed E-state index contributed by atoms with van der Waals surface area (Å²) in [5, 5.41) is 0. The van der Waals surface area contributed by atoms with Crippen LogP contribution in [0.4, 0.5) is 4.39 Å². The number of nitrogens with one attached hydrogen (secondary N) is 1. The number of hydrogen-bond donors (Lipinski definition) is 0. The Bertz CT molecular complexity index is 601. The zero-order valence-corrected chi connectivity index (χ0v) is 22.7. The Kier molecular flexibility index (Phi) is 9.27. The third-order valence-electron chi connectivity index (χ3n) is 6.71. The van der Waals surface area contributed by atoms with Gasteiger partial charge in [-0.1, -0.05) is 26.7 Å². The van der Waals surface area contributed by atoms with Crippen molar-refractivity contribution in [2.45, 2.75) is 83.4 Å². The Balaban J connectivity index is 0.000000245. The van der Waals surface area contributed by atoms with Crippen molar-refractivity contribution in [3.8, 4) is 0 Å². The van der Waals surface area contributed by atoms with Crippen LogP contribution in [0.1, 0.15) is 66.2 Å². The summed E-state index contributed by atoms with van der Waals surface area (Å²) in [6, 6.07) is 0. The van der Waals surface area contributed by atoms with E-state index in [0.29, 0.717) is 52.4 Å². The molecule has 4 saturated carbocycles. The van der Waals surface area contributed by atoms with Gasteiger partial charge in [0.05, 0.1) is 5.91 Å². The molecule has 149 valence electrons. The fourth-order valence-electron chi connectivity index (χ4n) is 5.58. The predicted molar refractivity (Wildman–Crippen MR) is 109 cm³/mol. The van der Waals surface area contributed by atoms with E-state index >= 15 is 0 Å². The van der Waals surface area contributed by atoms with Crippen molar-refractivity contribution >= 4 is 21.3 Å². The van der Waals surface area contributed by atoms with Gasteiger partial charge >= 0.3 is 53.1 Å². The summed E-state index contributed by atoms with van der Waals surface area (Å²) in [5.74, 6) is 5.39. The first kappa shape index (κ1) is 25.3. The zero-order chi connectivity index (χ0) is 19.7. The fraction of sp³-hybridized carbons (Fsp3) is 0.773. The normalized spacial score (nSPS) is 38.2. The number of carbonyl (C=O) groups is 1. The average Bonchev–Trinajstić information content (AvgIpc) is 2.72. The minimum absolute atomic E-state index is 0. The SMILES string of the molecule is CC1=[C-]C(C)C(C)=C1C.[CH3][GeH][CH3].[NH-]C(=O)C12CC3CC(CC(F)(C3)C1)C2.[Zr+2]. The van der Waals surface area contributed by atoms with E-state index in [1.807, 2.05) is 0 Å². The number of alkyl halides is 1. The summed E-state index contributed by atoms with van der Waals surface area (Å²) in [4.78, 5) is 11.3. The number of carbonyl (C=O) groups excluding carboxylic acids is 1. The van der Waals surface area contributed by atoms with E-state index in [0.717, 1.165) is 19.3 Å². The molecule has 0 saturated heterocycles. The van der Waals surface area contributed by atoms with Crippen LogP contribution in [0, 0.1) is 29.2 Å². The summed E-state index contributed by atoms with van der Waals surface area (Å²) in [5.41, 5.74) is 9.90. The van der Waals surface area contributed by atoms with Gasteiger partial charge in [0.15, 0.2) is 0 Å². The van der Waals surface area contributed by atoms with Crippen molar-refractivity contribution in [1.29, 1.82) is 0 Å². The molecule has 1 amide bonds. The van der Waals surface area contributed by atoms with Crippen LogP contribution in [0.2, 0.25) is 11.5 Å². The van der Waals surface area contributed by atoms with E-state index in [1.54, 1.807) is 0 Å². The average molecular weight is 512 g/mol. The van der Waals surface area contributed by atoms with Gasteiger partial charge in [-0.15, -0.1) is 6.92 Å². The van der Waals surface area contributed by atoms with Crippen molar-refractivity contribution < 1.29 is 35.4 Å². The Morgan fingerprint density at radius 2 is 1.63 bits per heavy atom. The molecular weight excluding hydrogens is 477 g/mol. The van der Waals surface area contributed by atoms with Crippen LogP contribution in [-0.2, 0) is 31.0 Å². The number of hydrogen-bond acceptors (Lipinski definition) is 1. The molecule has 1 radical (unpaired) electrons. The Morgan fingerprint density at radius 3 is 1.89 bits per heavy atom. The first-order chi connectivity index (χ1) is 12.1. The smallest absolute Gasteiger partial charge is 0.667 e. The van der Waals surface area contributed by atoms with E-state index in [9.17, 15) is 9.18 Å². The van der Waals surface area contributed by atoms with Gasteiger partial charge in [-0.2, -0.15) is 11.1 Å². The molecule has 5 aliphatic carbocycles. The number of allylic oxidation sites excluding steroid dienone is 4. The second kappa shape index (κ2) is 9.87. The standard InChI is InChI=1S/C11H16FNO.C9H13.C2H7Ge.Zr/c12-11-4-7-1-8(5-11)3-10(2-7,6-11)9(13)14;1-6-5-7(2)9(4)8(6)3;1-3-2;/h7-8H,1-6H2,(H2,13,14);6H,1-4H3;3H,1-2H3;/q;-1;;+2/p-1. The first-order valence-corrected chi connectivity index (χ1v) is 14.9. The van der Waals surface area contributed by atoms with Gasteiger partial charge in [-0.05, 0) is 50.4 Å². The van der Waals surface area contributed by atoms with Crippen molar-refractivity contribution in [2.75, 3.05) is 0 Å². The molecule has 0 spiro atoms. The van der Waals surface area contributed by atoms with Gasteiger partial charge < -0.3 is 10.5 Å². The van der Waals surface area contributed by atoms with Gasteiger partial charge in [0.2, 0.25) is 0 Å². The molecule has 1 N–H and O–H groups in total. The number of amides is 1. The molecule has 0 heterocycles. The van der Waals surface area contributed by atoms with Crippen LogP contribution in [0.5, 0.6) is 0 Å². The second-order valence-electron chi connectivity index (χ2n) is 9.10. The summed E-state index contributed by atoms with van der Waals surface area (Å²) in [7, 11) is 0. The van der Waals surface area contributed by atoms with Crippen LogP contribution in [-0.4, -0.2) is 27.0 Å². The number of rotatable bonds is 1. The van der Waals surface area contributed by atoms with E-state index in [-0.39, 0.29) is 26.2 Å². The van der Waals surface area contributed by atoms with E-state index in [2.05, 4.69) is 45.3 Å².